The monoisotopic (exact) mass is 350 g/mol. The average Bonchev–Trinajstić information content (AvgIpc) is 2.65. The maximum Gasteiger partial charge on any atom is 0.251 e. The average molecular weight is 350 g/mol. The summed E-state index contributed by atoms with van der Waals surface area (Å²) < 4.78 is 0. The number of fused-ring (bicyclic) bond motifs is 1. The van der Waals surface area contributed by atoms with Crippen molar-refractivity contribution in [1.82, 2.24) is 10.3 Å². The van der Waals surface area contributed by atoms with E-state index in [1.165, 1.54) is 24.0 Å². The molecule has 2 aromatic rings. The van der Waals surface area contributed by atoms with Crippen molar-refractivity contribution in [2.24, 2.45) is 5.92 Å². The molecule has 136 valence electrons. The lowest BCUT2D eigenvalue weighted by Crippen LogP contribution is -2.48. The van der Waals surface area contributed by atoms with Gasteiger partial charge in [0.25, 0.3) is 5.91 Å². The van der Waals surface area contributed by atoms with Crippen LogP contribution in [0.5, 0.6) is 0 Å². The Morgan fingerprint density at radius 3 is 2.69 bits per heavy atom. The van der Waals surface area contributed by atoms with Crippen LogP contribution in [0, 0.1) is 5.92 Å². The van der Waals surface area contributed by atoms with Gasteiger partial charge in [-0.1, -0.05) is 12.1 Å². The van der Waals surface area contributed by atoms with Gasteiger partial charge in [0.2, 0.25) is 0 Å². The number of hydrogen-bond donors (Lipinski definition) is 2. The Labute approximate surface area is 154 Å². The third-order valence-corrected chi connectivity index (χ3v) is 5.80. The van der Waals surface area contributed by atoms with Crippen LogP contribution in [0.1, 0.15) is 52.9 Å². The van der Waals surface area contributed by atoms with Gasteiger partial charge in [-0.25, -0.2) is 0 Å². The van der Waals surface area contributed by atoms with E-state index in [0.717, 1.165) is 36.9 Å². The molecule has 26 heavy (non-hydrogen) atoms. The largest absolute Gasteiger partial charge is 0.393 e. The molecule has 2 aliphatic carbocycles. The van der Waals surface area contributed by atoms with Crippen LogP contribution in [-0.4, -0.2) is 28.1 Å². The summed E-state index contributed by atoms with van der Waals surface area (Å²) in [5, 5.41) is 12.9. The van der Waals surface area contributed by atoms with E-state index in [1.807, 2.05) is 24.3 Å². The molecule has 1 heterocycles. The summed E-state index contributed by atoms with van der Waals surface area (Å²) in [7, 11) is 0. The first-order valence-electron chi connectivity index (χ1n) is 9.69. The number of nitrogens with zero attached hydrogens (tertiary/aromatic N) is 1. The number of pyridine rings is 1. The summed E-state index contributed by atoms with van der Waals surface area (Å²) in [4.78, 5) is 17.3. The lowest BCUT2D eigenvalue weighted by molar-refractivity contribution is 0.0238. The number of hydrogen-bond acceptors (Lipinski definition) is 3. The van der Waals surface area contributed by atoms with Gasteiger partial charge in [-0.2, -0.15) is 0 Å². The number of amides is 1. The van der Waals surface area contributed by atoms with E-state index in [2.05, 4.69) is 22.4 Å². The van der Waals surface area contributed by atoms with E-state index < -0.39 is 0 Å². The van der Waals surface area contributed by atoms with Crippen LogP contribution < -0.4 is 5.32 Å². The van der Waals surface area contributed by atoms with Crippen molar-refractivity contribution in [3.8, 4) is 0 Å². The number of benzene rings is 1. The molecule has 1 aromatic heterocycles. The van der Waals surface area contributed by atoms with E-state index in [0.29, 0.717) is 12.3 Å². The molecule has 0 aliphatic heterocycles. The summed E-state index contributed by atoms with van der Waals surface area (Å²) in [5.41, 5.74) is 4.44. The van der Waals surface area contributed by atoms with Crippen LogP contribution in [0.4, 0.5) is 0 Å². The number of rotatable bonds is 5. The quantitative estimate of drug-likeness (QED) is 0.871. The second-order valence-electron chi connectivity index (χ2n) is 7.68. The molecular formula is C22H26N2O2. The van der Waals surface area contributed by atoms with Crippen LogP contribution in [0.3, 0.4) is 0 Å². The number of carbonyl (C=O) groups is 1. The molecule has 1 saturated carbocycles. The number of nitrogens with one attached hydrogen (secondary N) is 1. The Morgan fingerprint density at radius 2 is 1.96 bits per heavy atom. The Morgan fingerprint density at radius 1 is 1.15 bits per heavy atom. The van der Waals surface area contributed by atoms with Gasteiger partial charge in [0, 0.05) is 29.9 Å². The minimum absolute atomic E-state index is 0.0110. The highest BCUT2D eigenvalue weighted by atomic mass is 16.3. The van der Waals surface area contributed by atoms with Gasteiger partial charge in [0.15, 0.2) is 0 Å². The number of aryl methyl sites for hydroxylation is 2. The first-order valence-corrected chi connectivity index (χ1v) is 9.69. The fraction of sp³-hybridized carbons (Fsp3) is 0.455. The maximum absolute atomic E-state index is 12.9. The first kappa shape index (κ1) is 17.2. The molecule has 4 rings (SSSR count). The molecule has 0 spiro atoms. The predicted molar refractivity (Wildman–Crippen MR) is 101 cm³/mol. The number of aliphatic hydroxyl groups is 1. The second-order valence-corrected chi connectivity index (χ2v) is 7.68. The Hall–Kier alpha value is -2.20. The number of carbonyl (C=O) groups excluding carboxylic acids is 1. The lowest BCUT2D eigenvalue weighted by Gasteiger charge is -2.38. The van der Waals surface area contributed by atoms with Crippen molar-refractivity contribution >= 4 is 5.91 Å². The van der Waals surface area contributed by atoms with Crippen LogP contribution in [-0.2, 0) is 19.3 Å². The number of aliphatic hydroxyl groups excluding tert-OH is 1. The van der Waals surface area contributed by atoms with Crippen molar-refractivity contribution in [1.29, 1.82) is 0 Å². The smallest absolute Gasteiger partial charge is 0.251 e. The summed E-state index contributed by atoms with van der Waals surface area (Å²) >= 11 is 0. The molecular weight excluding hydrogens is 324 g/mol. The zero-order valence-corrected chi connectivity index (χ0v) is 15.0. The van der Waals surface area contributed by atoms with E-state index >= 15 is 0 Å². The highest BCUT2D eigenvalue weighted by Gasteiger charge is 2.35. The van der Waals surface area contributed by atoms with Gasteiger partial charge in [-0.05, 0) is 79.8 Å². The normalized spacial score (nSPS) is 22.8. The minimum atomic E-state index is -0.230. The molecule has 0 unspecified atom stereocenters. The molecule has 4 heteroatoms. The van der Waals surface area contributed by atoms with Crippen molar-refractivity contribution in [3.05, 3.63) is 65.0 Å². The van der Waals surface area contributed by atoms with Gasteiger partial charge >= 0.3 is 0 Å². The SMILES string of the molecule is O=C(N[C@H](Cc1ccccn1)C1CC(O)C1)c1ccc2c(c1)CCCC2. The summed E-state index contributed by atoms with van der Waals surface area (Å²) in [5.74, 6) is 0.300. The van der Waals surface area contributed by atoms with Crippen molar-refractivity contribution in [2.45, 2.75) is 57.1 Å². The Kier molecular flexibility index (Phi) is 5.02. The van der Waals surface area contributed by atoms with Crippen molar-refractivity contribution in [3.63, 3.8) is 0 Å². The predicted octanol–water partition coefficient (Wildman–Crippen LogP) is 3.07. The molecule has 1 atom stereocenters. The van der Waals surface area contributed by atoms with Gasteiger partial charge in [0.1, 0.15) is 0 Å². The van der Waals surface area contributed by atoms with Crippen LogP contribution >= 0.6 is 0 Å². The van der Waals surface area contributed by atoms with E-state index in [1.54, 1.807) is 6.20 Å². The molecule has 4 nitrogen and oxygen atoms in total. The molecule has 0 saturated heterocycles. The zero-order valence-electron chi connectivity index (χ0n) is 15.0. The van der Waals surface area contributed by atoms with Crippen LogP contribution in [0.25, 0.3) is 0 Å². The molecule has 0 bridgehead atoms. The highest BCUT2D eigenvalue weighted by Crippen LogP contribution is 2.32. The Balaban J connectivity index is 1.48. The highest BCUT2D eigenvalue weighted by molar-refractivity contribution is 5.94. The third kappa shape index (κ3) is 3.80. The van der Waals surface area contributed by atoms with E-state index in [-0.39, 0.29) is 18.1 Å². The summed E-state index contributed by atoms with van der Waals surface area (Å²) in [6.07, 6.45) is 8.41. The van der Waals surface area contributed by atoms with Crippen molar-refractivity contribution in [2.75, 3.05) is 0 Å². The maximum atomic E-state index is 12.9. The molecule has 0 radical (unpaired) electrons. The molecule has 1 amide bonds. The first-order chi connectivity index (χ1) is 12.7. The molecule has 1 aromatic carbocycles. The fourth-order valence-corrected chi connectivity index (χ4v) is 4.16. The van der Waals surface area contributed by atoms with Gasteiger partial charge in [-0.15, -0.1) is 0 Å². The second kappa shape index (κ2) is 7.58. The standard InChI is InChI=1S/C22H26N2O2/c25-20-12-18(13-20)21(14-19-7-3-4-10-23-19)24-22(26)17-9-8-15-5-1-2-6-16(15)11-17/h3-4,7-11,18,20-21,25H,1-2,5-6,12-14H2,(H,24,26)/t18?,20?,21-/m1/s1. The molecule has 1 fully saturated rings. The minimum Gasteiger partial charge on any atom is -0.393 e. The zero-order chi connectivity index (χ0) is 17.9. The van der Waals surface area contributed by atoms with Crippen LogP contribution in [0.2, 0.25) is 0 Å². The topological polar surface area (TPSA) is 62.2 Å². The number of aromatic nitrogens is 1. The molecule has 2 aliphatic rings. The van der Waals surface area contributed by atoms with Crippen molar-refractivity contribution < 1.29 is 9.90 Å². The van der Waals surface area contributed by atoms with E-state index in [4.69, 9.17) is 0 Å². The van der Waals surface area contributed by atoms with Gasteiger partial charge in [0.05, 0.1) is 6.10 Å². The Bertz CT molecular complexity index is 769. The van der Waals surface area contributed by atoms with Gasteiger partial charge in [-0.3, -0.25) is 9.78 Å². The molecule has 2 N–H and O–H groups in total. The van der Waals surface area contributed by atoms with Crippen LogP contribution in [0.15, 0.2) is 42.6 Å². The van der Waals surface area contributed by atoms with E-state index in [9.17, 15) is 9.90 Å². The third-order valence-electron chi connectivity index (χ3n) is 5.80. The summed E-state index contributed by atoms with van der Waals surface area (Å²) in [6, 6.07) is 12.0. The lowest BCUT2D eigenvalue weighted by atomic mass is 9.75. The summed E-state index contributed by atoms with van der Waals surface area (Å²) in [6.45, 7) is 0. The fourth-order valence-electron chi connectivity index (χ4n) is 4.16. The van der Waals surface area contributed by atoms with Gasteiger partial charge < -0.3 is 10.4 Å².